The summed E-state index contributed by atoms with van der Waals surface area (Å²) in [6.45, 7) is 3.03. The normalized spacial score (nSPS) is 10.8. The average molecular weight is 430 g/mol. The predicted octanol–water partition coefficient (Wildman–Crippen LogP) is 5.11. The van der Waals surface area contributed by atoms with Crippen LogP contribution in [0.3, 0.4) is 0 Å². The molecule has 1 heterocycles. The molecule has 32 heavy (non-hydrogen) atoms. The van der Waals surface area contributed by atoms with E-state index in [9.17, 15) is 4.79 Å². The molecule has 6 nitrogen and oxygen atoms in total. The summed E-state index contributed by atoms with van der Waals surface area (Å²) in [5, 5.41) is 2.97. The Bertz CT molecular complexity index is 1250. The summed E-state index contributed by atoms with van der Waals surface area (Å²) >= 11 is 0. The molecule has 0 aliphatic rings. The molecule has 0 fully saturated rings. The van der Waals surface area contributed by atoms with Crippen molar-refractivity contribution >= 4 is 22.6 Å². The molecule has 6 heteroatoms. The summed E-state index contributed by atoms with van der Waals surface area (Å²) in [6, 6.07) is 21.3. The third-order valence-electron chi connectivity index (χ3n) is 5.52. The lowest BCUT2D eigenvalue weighted by molar-refractivity contribution is 0.102. The number of para-hydroxylation sites is 2. The quantitative estimate of drug-likeness (QED) is 0.423. The molecule has 1 aromatic heterocycles. The number of fused-ring (bicyclic) bond motifs is 1. The van der Waals surface area contributed by atoms with Crippen molar-refractivity contribution in [1.82, 2.24) is 9.55 Å². The van der Waals surface area contributed by atoms with Gasteiger partial charge in [0.15, 0.2) is 11.5 Å². The first-order valence-electron chi connectivity index (χ1n) is 10.7. The van der Waals surface area contributed by atoms with E-state index in [0.29, 0.717) is 17.1 Å². The van der Waals surface area contributed by atoms with Crippen LogP contribution in [0.25, 0.3) is 11.0 Å². The van der Waals surface area contributed by atoms with Crippen molar-refractivity contribution in [2.24, 2.45) is 0 Å². The predicted molar refractivity (Wildman–Crippen MR) is 127 cm³/mol. The minimum absolute atomic E-state index is 0.198. The molecular formula is C26H27N3O3. The topological polar surface area (TPSA) is 65.4 Å². The fraction of sp³-hybridized carbons (Fsp3) is 0.231. The second kappa shape index (κ2) is 9.56. The van der Waals surface area contributed by atoms with E-state index in [4.69, 9.17) is 14.5 Å². The third kappa shape index (κ3) is 4.44. The van der Waals surface area contributed by atoms with Crippen molar-refractivity contribution in [2.45, 2.75) is 26.3 Å². The van der Waals surface area contributed by atoms with Gasteiger partial charge < -0.3 is 19.4 Å². The summed E-state index contributed by atoms with van der Waals surface area (Å²) in [7, 11) is 3.12. The minimum Gasteiger partial charge on any atom is -0.493 e. The number of amides is 1. The number of rotatable bonds is 8. The highest BCUT2D eigenvalue weighted by Gasteiger charge is 2.12. The summed E-state index contributed by atoms with van der Waals surface area (Å²) < 4.78 is 12.8. The molecule has 3 aromatic carbocycles. The number of methoxy groups -OCH3 is 2. The molecule has 1 amide bonds. The standard InChI is InChI=1S/C26H27N3O3/c1-4-29-22-11-6-5-10-21(22)28-25(29)15-12-18-8-7-9-20(16-18)27-26(30)19-13-14-23(31-2)24(17-19)32-3/h5-11,13-14,16-17H,4,12,15H2,1-3H3,(H,27,30). The van der Waals surface area contributed by atoms with Crippen molar-refractivity contribution < 1.29 is 14.3 Å². The maximum absolute atomic E-state index is 12.7. The van der Waals surface area contributed by atoms with Gasteiger partial charge in [-0.15, -0.1) is 0 Å². The van der Waals surface area contributed by atoms with Gasteiger partial charge in [0.05, 0.1) is 25.3 Å². The van der Waals surface area contributed by atoms with E-state index in [1.165, 1.54) is 5.52 Å². The van der Waals surface area contributed by atoms with Crippen molar-refractivity contribution in [1.29, 1.82) is 0 Å². The zero-order valence-electron chi connectivity index (χ0n) is 18.6. The van der Waals surface area contributed by atoms with Gasteiger partial charge in [0.25, 0.3) is 5.91 Å². The van der Waals surface area contributed by atoms with E-state index in [0.717, 1.165) is 42.0 Å². The first kappa shape index (κ1) is 21.4. The average Bonchev–Trinajstić information content (AvgIpc) is 3.20. The fourth-order valence-electron chi connectivity index (χ4n) is 3.91. The van der Waals surface area contributed by atoms with E-state index in [-0.39, 0.29) is 5.91 Å². The number of aromatic nitrogens is 2. The van der Waals surface area contributed by atoms with Gasteiger partial charge in [-0.05, 0) is 61.4 Å². The van der Waals surface area contributed by atoms with E-state index in [2.05, 4.69) is 35.0 Å². The molecule has 0 unspecified atom stereocenters. The lowest BCUT2D eigenvalue weighted by atomic mass is 10.1. The summed E-state index contributed by atoms with van der Waals surface area (Å²) in [5.74, 6) is 1.99. The van der Waals surface area contributed by atoms with E-state index < -0.39 is 0 Å². The van der Waals surface area contributed by atoms with Crippen molar-refractivity contribution in [3.8, 4) is 11.5 Å². The molecule has 1 N–H and O–H groups in total. The van der Waals surface area contributed by atoms with E-state index >= 15 is 0 Å². The molecular weight excluding hydrogens is 402 g/mol. The van der Waals surface area contributed by atoms with Gasteiger partial charge in [-0.2, -0.15) is 0 Å². The molecule has 0 atom stereocenters. The molecule has 164 valence electrons. The van der Waals surface area contributed by atoms with Gasteiger partial charge in [0.2, 0.25) is 0 Å². The van der Waals surface area contributed by atoms with Crippen LogP contribution in [0, 0.1) is 0 Å². The van der Waals surface area contributed by atoms with Crippen molar-refractivity contribution in [3.63, 3.8) is 0 Å². The van der Waals surface area contributed by atoms with Crippen LogP contribution < -0.4 is 14.8 Å². The number of benzene rings is 3. The number of carbonyl (C=O) groups excluding carboxylic acids is 1. The maximum atomic E-state index is 12.7. The Labute approximate surface area is 187 Å². The van der Waals surface area contributed by atoms with Crippen LogP contribution in [0.1, 0.15) is 28.7 Å². The molecule has 4 aromatic rings. The Balaban J connectivity index is 1.47. The Kier molecular flexibility index (Phi) is 6.40. The number of hydrogen-bond donors (Lipinski definition) is 1. The fourth-order valence-corrected chi connectivity index (χ4v) is 3.91. The largest absolute Gasteiger partial charge is 0.493 e. The van der Waals surface area contributed by atoms with Crippen LogP contribution in [-0.2, 0) is 19.4 Å². The van der Waals surface area contributed by atoms with Crippen molar-refractivity contribution in [3.05, 3.63) is 83.7 Å². The number of imidazole rings is 1. The molecule has 0 saturated heterocycles. The van der Waals surface area contributed by atoms with E-state index in [1.54, 1.807) is 32.4 Å². The minimum atomic E-state index is -0.198. The monoisotopic (exact) mass is 429 g/mol. The van der Waals surface area contributed by atoms with Gasteiger partial charge in [-0.1, -0.05) is 24.3 Å². The van der Waals surface area contributed by atoms with E-state index in [1.807, 2.05) is 30.3 Å². The number of nitrogens with zero attached hydrogens (tertiary/aromatic N) is 2. The van der Waals surface area contributed by atoms with Gasteiger partial charge in [-0.3, -0.25) is 4.79 Å². The number of nitrogens with one attached hydrogen (secondary N) is 1. The number of anilines is 1. The Morgan fingerprint density at radius 2 is 1.75 bits per heavy atom. The van der Waals surface area contributed by atoms with Gasteiger partial charge in [-0.25, -0.2) is 4.98 Å². The van der Waals surface area contributed by atoms with Crippen LogP contribution in [0.5, 0.6) is 11.5 Å². The summed E-state index contributed by atoms with van der Waals surface area (Å²) in [5.41, 5.74) is 4.60. The van der Waals surface area contributed by atoms with Gasteiger partial charge in [0.1, 0.15) is 5.82 Å². The lowest BCUT2D eigenvalue weighted by Crippen LogP contribution is -2.12. The van der Waals surface area contributed by atoms with Crippen LogP contribution >= 0.6 is 0 Å². The molecule has 0 aliphatic carbocycles. The van der Waals surface area contributed by atoms with Crippen LogP contribution in [0.2, 0.25) is 0 Å². The second-order valence-corrected chi connectivity index (χ2v) is 7.49. The van der Waals surface area contributed by atoms with Gasteiger partial charge >= 0.3 is 0 Å². The summed E-state index contributed by atoms with van der Waals surface area (Å²) in [4.78, 5) is 17.5. The Hall–Kier alpha value is -3.80. The molecule has 0 saturated carbocycles. The lowest BCUT2D eigenvalue weighted by Gasteiger charge is -2.11. The first-order chi connectivity index (χ1) is 15.6. The molecule has 0 bridgehead atoms. The SMILES string of the molecule is CCn1c(CCc2cccc(NC(=O)c3ccc(OC)c(OC)c3)c2)nc2ccccc21. The highest BCUT2D eigenvalue weighted by molar-refractivity contribution is 6.04. The Morgan fingerprint density at radius 3 is 2.53 bits per heavy atom. The second-order valence-electron chi connectivity index (χ2n) is 7.49. The number of carbonyl (C=O) groups is 1. The zero-order chi connectivity index (χ0) is 22.5. The first-order valence-corrected chi connectivity index (χ1v) is 10.7. The van der Waals surface area contributed by atoms with Crippen molar-refractivity contribution in [2.75, 3.05) is 19.5 Å². The summed E-state index contributed by atoms with van der Waals surface area (Å²) in [6.07, 6.45) is 1.67. The molecule has 4 rings (SSSR count). The van der Waals surface area contributed by atoms with Crippen LogP contribution in [-0.4, -0.2) is 29.7 Å². The molecule has 0 radical (unpaired) electrons. The number of hydrogen-bond acceptors (Lipinski definition) is 4. The number of aryl methyl sites for hydroxylation is 3. The highest BCUT2D eigenvalue weighted by Crippen LogP contribution is 2.28. The Morgan fingerprint density at radius 1 is 0.938 bits per heavy atom. The maximum Gasteiger partial charge on any atom is 0.255 e. The van der Waals surface area contributed by atoms with Crippen LogP contribution in [0.4, 0.5) is 5.69 Å². The molecule has 0 aliphatic heterocycles. The molecule has 0 spiro atoms. The van der Waals surface area contributed by atoms with Gasteiger partial charge in [0, 0.05) is 24.2 Å². The number of ether oxygens (including phenoxy) is 2. The third-order valence-corrected chi connectivity index (χ3v) is 5.52. The highest BCUT2D eigenvalue weighted by atomic mass is 16.5. The van der Waals surface area contributed by atoms with Crippen LogP contribution in [0.15, 0.2) is 66.7 Å². The zero-order valence-corrected chi connectivity index (χ0v) is 18.6. The smallest absolute Gasteiger partial charge is 0.255 e.